The van der Waals surface area contributed by atoms with Gasteiger partial charge in [0.05, 0.1) is 17.6 Å². The molecule has 2 aliphatic rings. The van der Waals surface area contributed by atoms with Crippen LogP contribution in [0.1, 0.15) is 36.2 Å². The van der Waals surface area contributed by atoms with E-state index in [9.17, 15) is 14.4 Å². The number of rotatable bonds is 6. The molecule has 2 aromatic heterocycles. The van der Waals surface area contributed by atoms with Gasteiger partial charge in [-0.15, -0.1) is 0 Å². The van der Waals surface area contributed by atoms with Crippen LogP contribution in [-0.2, 0) is 4.79 Å². The molecule has 4 N–H and O–H groups in total. The molecule has 1 fully saturated rings. The van der Waals surface area contributed by atoms with Gasteiger partial charge >= 0.3 is 0 Å². The summed E-state index contributed by atoms with van der Waals surface area (Å²) in [4.78, 5) is 49.2. The number of aromatic amines is 1. The molecule has 1 saturated heterocycles. The van der Waals surface area contributed by atoms with Crippen molar-refractivity contribution >= 4 is 40.3 Å². The molecule has 2 aliphatic heterocycles. The van der Waals surface area contributed by atoms with Crippen molar-refractivity contribution in [3.8, 4) is 5.88 Å². The van der Waals surface area contributed by atoms with E-state index in [0.717, 1.165) is 30.0 Å². The first kappa shape index (κ1) is 26.1. The smallest absolute Gasteiger partial charge is 0.263 e. The molecule has 2 amide bonds. The van der Waals surface area contributed by atoms with Gasteiger partial charge in [0.1, 0.15) is 17.9 Å². The Hall–Kier alpha value is -4.54. The number of pyridine rings is 2. The number of amides is 2. The van der Waals surface area contributed by atoms with Crippen LogP contribution in [0.15, 0.2) is 47.5 Å². The van der Waals surface area contributed by atoms with Crippen LogP contribution in [0, 0.1) is 6.92 Å². The Balaban J connectivity index is 1.30. The van der Waals surface area contributed by atoms with E-state index in [1.165, 1.54) is 6.20 Å². The summed E-state index contributed by atoms with van der Waals surface area (Å²) in [6, 6.07) is 9.27. The monoisotopic (exact) mass is 531 g/mol. The number of benzene rings is 1. The minimum absolute atomic E-state index is 0.0338. The third kappa shape index (κ3) is 5.38. The van der Waals surface area contributed by atoms with E-state index in [1.54, 1.807) is 12.3 Å². The normalized spacial score (nSPS) is 16.5. The van der Waals surface area contributed by atoms with Gasteiger partial charge in [-0.25, -0.2) is 4.98 Å². The molecule has 0 saturated carbocycles. The predicted molar refractivity (Wildman–Crippen MR) is 151 cm³/mol. The molecule has 11 nitrogen and oxygen atoms in total. The maximum Gasteiger partial charge on any atom is 0.263 e. The fourth-order valence-corrected chi connectivity index (χ4v) is 5.02. The summed E-state index contributed by atoms with van der Waals surface area (Å²) in [6.07, 6.45) is 3.63. The summed E-state index contributed by atoms with van der Waals surface area (Å²) >= 11 is 0. The number of piperazine rings is 1. The summed E-state index contributed by atoms with van der Waals surface area (Å²) in [6.45, 7) is 9.24. The van der Waals surface area contributed by atoms with Crippen molar-refractivity contribution in [2.45, 2.75) is 33.2 Å². The van der Waals surface area contributed by atoms with Crippen LogP contribution in [0.25, 0.3) is 0 Å². The maximum atomic E-state index is 13.3. The number of hydrogen-bond acceptors (Lipinski definition) is 8. The third-order valence-electron chi connectivity index (χ3n) is 7.14. The molecule has 5 rings (SSSR count). The van der Waals surface area contributed by atoms with Crippen LogP contribution in [0.4, 0.5) is 28.4 Å². The lowest BCUT2D eigenvalue weighted by atomic mass is 10.1. The Morgan fingerprint density at radius 3 is 2.69 bits per heavy atom. The van der Waals surface area contributed by atoms with E-state index in [-0.39, 0.29) is 17.5 Å². The Morgan fingerprint density at radius 2 is 1.95 bits per heavy atom. The largest absolute Gasteiger partial charge is 0.474 e. The lowest BCUT2D eigenvalue weighted by Crippen LogP contribution is -2.54. The first-order valence-electron chi connectivity index (χ1n) is 13.2. The Labute approximate surface area is 226 Å². The molecular formula is C28H33N7O4. The quantitative estimate of drug-likeness (QED) is 0.381. The number of nitrogens with one attached hydrogen (secondary N) is 4. The van der Waals surface area contributed by atoms with Gasteiger partial charge < -0.3 is 35.5 Å². The molecule has 0 bridgehead atoms. The lowest BCUT2D eigenvalue weighted by molar-refractivity contribution is -0.133. The Kier molecular flexibility index (Phi) is 7.40. The van der Waals surface area contributed by atoms with E-state index >= 15 is 0 Å². The Morgan fingerprint density at radius 1 is 1.15 bits per heavy atom. The molecule has 3 aromatic rings. The van der Waals surface area contributed by atoms with E-state index < -0.39 is 11.5 Å². The SMILES string of the molecule is CCC(=O)N1CCN(c2ccc(NC(=O)c3c(Nc4cnc5c(c4C)NCCO5)cc[nH]c3=O)cc2)C[C@H]1C. The van der Waals surface area contributed by atoms with Gasteiger partial charge in [-0.2, -0.15) is 0 Å². The van der Waals surface area contributed by atoms with E-state index in [0.29, 0.717) is 49.1 Å². The van der Waals surface area contributed by atoms with Gasteiger partial charge in [0.15, 0.2) is 0 Å². The highest BCUT2D eigenvalue weighted by atomic mass is 16.5. The van der Waals surface area contributed by atoms with E-state index in [4.69, 9.17) is 4.74 Å². The number of hydrogen-bond donors (Lipinski definition) is 4. The fourth-order valence-electron chi connectivity index (χ4n) is 5.02. The highest BCUT2D eigenvalue weighted by Gasteiger charge is 2.26. The number of fused-ring (bicyclic) bond motifs is 1. The average molecular weight is 532 g/mol. The minimum Gasteiger partial charge on any atom is -0.474 e. The molecule has 204 valence electrons. The summed E-state index contributed by atoms with van der Waals surface area (Å²) in [5.41, 5.74) is 3.72. The Bertz CT molecular complexity index is 1440. The van der Waals surface area contributed by atoms with Crippen LogP contribution < -0.4 is 31.1 Å². The standard InChI is InChI=1S/C28H33N7O4/c1-4-23(36)35-13-12-34(16-17(35)2)20-7-5-19(6-8-20)32-27(38)24-21(9-10-30-26(24)37)33-22-15-31-28-25(18(22)3)29-11-14-39-28/h5-10,15,17,29H,4,11-14,16H2,1-3H3,(H,32,38)(H2,30,33,37)/t17-/m1/s1. The molecule has 39 heavy (non-hydrogen) atoms. The molecular weight excluding hydrogens is 498 g/mol. The van der Waals surface area contributed by atoms with Crippen molar-refractivity contribution in [1.29, 1.82) is 0 Å². The number of carbonyl (C=O) groups excluding carboxylic acids is 2. The van der Waals surface area contributed by atoms with Crippen molar-refractivity contribution in [3.63, 3.8) is 0 Å². The van der Waals surface area contributed by atoms with Crippen molar-refractivity contribution in [3.05, 3.63) is 64.2 Å². The number of anilines is 5. The van der Waals surface area contributed by atoms with Crippen LogP contribution in [0.5, 0.6) is 5.88 Å². The summed E-state index contributed by atoms with van der Waals surface area (Å²) in [5.74, 6) is 0.175. The van der Waals surface area contributed by atoms with Crippen LogP contribution in [-0.4, -0.2) is 65.5 Å². The summed E-state index contributed by atoms with van der Waals surface area (Å²) < 4.78 is 5.59. The second-order valence-corrected chi connectivity index (χ2v) is 9.71. The van der Waals surface area contributed by atoms with Crippen LogP contribution >= 0.6 is 0 Å². The number of nitrogens with zero attached hydrogens (tertiary/aromatic N) is 3. The molecule has 0 aliphatic carbocycles. The van der Waals surface area contributed by atoms with Crippen molar-refractivity contribution in [2.75, 3.05) is 53.6 Å². The zero-order chi connectivity index (χ0) is 27.5. The molecule has 1 aromatic carbocycles. The molecule has 0 radical (unpaired) electrons. The average Bonchev–Trinajstić information content (AvgIpc) is 2.94. The molecule has 11 heteroatoms. The summed E-state index contributed by atoms with van der Waals surface area (Å²) in [7, 11) is 0. The third-order valence-corrected chi connectivity index (χ3v) is 7.14. The highest BCUT2D eigenvalue weighted by Crippen LogP contribution is 2.34. The van der Waals surface area contributed by atoms with Crippen molar-refractivity contribution in [1.82, 2.24) is 14.9 Å². The van der Waals surface area contributed by atoms with Crippen molar-refractivity contribution < 1.29 is 14.3 Å². The second-order valence-electron chi connectivity index (χ2n) is 9.71. The highest BCUT2D eigenvalue weighted by molar-refractivity contribution is 6.08. The topological polar surface area (TPSA) is 132 Å². The second kappa shape index (κ2) is 11.1. The first-order chi connectivity index (χ1) is 18.9. The molecule has 1 atom stereocenters. The van der Waals surface area contributed by atoms with Gasteiger partial charge in [0, 0.05) is 61.8 Å². The van der Waals surface area contributed by atoms with Gasteiger partial charge in [0.2, 0.25) is 11.8 Å². The van der Waals surface area contributed by atoms with Crippen LogP contribution in [0.2, 0.25) is 0 Å². The maximum absolute atomic E-state index is 13.3. The number of aromatic nitrogens is 2. The number of H-pyrrole nitrogens is 1. The van der Waals surface area contributed by atoms with Gasteiger partial charge in [0.25, 0.3) is 11.5 Å². The predicted octanol–water partition coefficient (Wildman–Crippen LogP) is 3.33. The minimum atomic E-state index is -0.530. The fraction of sp³-hybridized carbons (Fsp3) is 0.357. The van der Waals surface area contributed by atoms with Gasteiger partial charge in [-0.3, -0.25) is 14.4 Å². The van der Waals surface area contributed by atoms with Gasteiger partial charge in [-0.1, -0.05) is 6.92 Å². The molecule has 0 spiro atoms. The zero-order valence-corrected chi connectivity index (χ0v) is 22.3. The first-order valence-corrected chi connectivity index (χ1v) is 13.2. The number of ether oxygens (including phenoxy) is 1. The van der Waals surface area contributed by atoms with E-state index in [1.807, 2.05) is 43.0 Å². The van der Waals surface area contributed by atoms with Gasteiger partial charge in [-0.05, 0) is 44.2 Å². The number of carbonyl (C=O) groups is 2. The molecule has 4 heterocycles. The van der Waals surface area contributed by atoms with Crippen LogP contribution in [0.3, 0.4) is 0 Å². The zero-order valence-electron chi connectivity index (χ0n) is 22.3. The lowest BCUT2D eigenvalue weighted by Gasteiger charge is -2.41. The summed E-state index contributed by atoms with van der Waals surface area (Å²) in [5, 5.41) is 9.32. The molecule has 0 unspecified atom stereocenters. The van der Waals surface area contributed by atoms with E-state index in [2.05, 4.69) is 37.7 Å². The van der Waals surface area contributed by atoms with Crippen molar-refractivity contribution in [2.24, 2.45) is 0 Å².